The second-order valence-electron chi connectivity index (χ2n) is 6.05. The molecule has 0 atom stereocenters. The lowest BCUT2D eigenvalue weighted by Crippen LogP contribution is -2.34. The average Bonchev–Trinajstić information content (AvgIpc) is 2.92. The first kappa shape index (κ1) is 14.0. The molecule has 1 aromatic rings. The topological polar surface area (TPSA) is 79.3 Å². The van der Waals surface area contributed by atoms with E-state index in [-0.39, 0.29) is 17.9 Å². The Morgan fingerprint density at radius 1 is 1.47 bits per heavy atom. The fraction of sp³-hybridized carbons (Fsp3) is 0.615. The minimum Gasteiger partial charge on any atom is -0.481 e. The smallest absolute Gasteiger partial charge is 0.311 e. The third-order valence-electron chi connectivity index (χ3n) is 3.38. The van der Waals surface area contributed by atoms with Crippen LogP contribution in [0.3, 0.4) is 0 Å². The van der Waals surface area contributed by atoms with E-state index in [1.807, 2.05) is 20.8 Å². The molecule has 19 heavy (non-hydrogen) atoms. The van der Waals surface area contributed by atoms with Gasteiger partial charge in [0.25, 0.3) is 5.91 Å². The molecule has 0 unspecified atom stereocenters. The van der Waals surface area contributed by atoms with E-state index >= 15 is 0 Å². The van der Waals surface area contributed by atoms with Crippen molar-refractivity contribution in [3.63, 3.8) is 0 Å². The predicted molar refractivity (Wildman–Crippen MR) is 72.5 cm³/mol. The number of thiazole rings is 1. The SMILES string of the molecule is CC(C)(C)c1ncsc1C(=O)NCC1(C(=O)O)CC1. The molecular weight excluding hydrogens is 264 g/mol. The van der Waals surface area contributed by atoms with Crippen molar-refractivity contribution in [2.24, 2.45) is 5.41 Å². The molecule has 1 aliphatic carbocycles. The summed E-state index contributed by atoms with van der Waals surface area (Å²) in [7, 11) is 0. The third kappa shape index (κ3) is 2.78. The van der Waals surface area contributed by atoms with Gasteiger partial charge in [0.1, 0.15) is 4.88 Å². The highest BCUT2D eigenvalue weighted by Gasteiger charge is 2.50. The van der Waals surface area contributed by atoms with Gasteiger partial charge in [0.15, 0.2) is 0 Å². The Morgan fingerprint density at radius 2 is 2.11 bits per heavy atom. The first-order valence-corrected chi connectivity index (χ1v) is 7.10. The van der Waals surface area contributed by atoms with Crippen LogP contribution >= 0.6 is 11.3 Å². The Labute approximate surface area is 116 Å². The van der Waals surface area contributed by atoms with E-state index in [0.29, 0.717) is 17.7 Å². The number of nitrogens with zero attached hydrogens (tertiary/aromatic N) is 1. The standard InChI is InChI=1S/C13H18N2O3S/c1-12(2,3)9-8(19-7-15-9)10(16)14-6-13(4-5-13)11(17)18/h7H,4-6H2,1-3H3,(H,14,16)(H,17,18). The molecular formula is C13H18N2O3S. The van der Waals surface area contributed by atoms with Crippen LogP contribution in [0.2, 0.25) is 0 Å². The number of carbonyl (C=O) groups excluding carboxylic acids is 1. The van der Waals surface area contributed by atoms with Crippen LogP contribution in [0.1, 0.15) is 49.0 Å². The number of aliphatic carboxylic acids is 1. The molecule has 6 heteroatoms. The number of carbonyl (C=O) groups is 2. The Balaban J connectivity index is 2.06. The molecule has 1 amide bonds. The van der Waals surface area contributed by atoms with Crippen molar-refractivity contribution < 1.29 is 14.7 Å². The zero-order valence-corrected chi connectivity index (χ0v) is 12.1. The third-order valence-corrected chi connectivity index (χ3v) is 4.20. The maximum Gasteiger partial charge on any atom is 0.311 e. The quantitative estimate of drug-likeness (QED) is 0.885. The van der Waals surface area contributed by atoms with Crippen molar-refractivity contribution >= 4 is 23.2 Å². The van der Waals surface area contributed by atoms with E-state index in [2.05, 4.69) is 10.3 Å². The molecule has 1 heterocycles. The predicted octanol–water partition coefficient (Wildman–Crippen LogP) is 2.04. The van der Waals surface area contributed by atoms with Crippen molar-refractivity contribution in [3.8, 4) is 0 Å². The van der Waals surface area contributed by atoms with Gasteiger partial charge in [-0.1, -0.05) is 20.8 Å². The zero-order chi connectivity index (χ0) is 14.3. The Bertz CT molecular complexity index is 512. The summed E-state index contributed by atoms with van der Waals surface area (Å²) in [4.78, 5) is 28.0. The summed E-state index contributed by atoms with van der Waals surface area (Å²) >= 11 is 1.29. The van der Waals surface area contributed by atoms with Crippen LogP contribution in [0.15, 0.2) is 5.51 Å². The first-order chi connectivity index (χ1) is 8.76. The van der Waals surface area contributed by atoms with Gasteiger partial charge in [0.2, 0.25) is 0 Å². The van der Waals surface area contributed by atoms with Crippen LogP contribution in [0.4, 0.5) is 0 Å². The van der Waals surface area contributed by atoms with Crippen LogP contribution in [0.5, 0.6) is 0 Å². The molecule has 0 saturated heterocycles. The van der Waals surface area contributed by atoms with E-state index in [1.165, 1.54) is 11.3 Å². The molecule has 1 aliphatic rings. The van der Waals surface area contributed by atoms with Gasteiger partial charge in [-0.3, -0.25) is 9.59 Å². The maximum atomic E-state index is 12.1. The van der Waals surface area contributed by atoms with Crippen molar-refractivity contribution in [3.05, 3.63) is 16.1 Å². The van der Waals surface area contributed by atoms with Gasteiger partial charge in [0, 0.05) is 12.0 Å². The molecule has 2 N–H and O–H groups in total. The van der Waals surface area contributed by atoms with Crippen LogP contribution < -0.4 is 5.32 Å². The largest absolute Gasteiger partial charge is 0.481 e. The van der Waals surface area contributed by atoms with Gasteiger partial charge in [-0.25, -0.2) is 4.98 Å². The number of hydrogen-bond donors (Lipinski definition) is 2. The normalized spacial score (nSPS) is 17.0. The highest BCUT2D eigenvalue weighted by molar-refractivity contribution is 7.11. The van der Waals surface area contributed by atoms with Crippen molar-refractivity contribution in [1.29, 1.82) is 0 Å². The van der Waals surface area contributed by atoms with Crippen molar-refractivity contribution in [2.45, 2.75) is 39.0 Å². The van der Waals surface area contributed by atoms with Crippen molar-refractivity contribution in [1.82, 2.24) is 10.3 Å². The van der Waals surface area contributed by atoms with Gasteiger partial charge < -0.3 is 10.4 Å². The molecule has 0 bridgehead atoms. The molecule has 5 nitrogen and oxygen atoms in total. The fourth-order valence-corrected chi connectivity index (χ4v) is 2.80. The summed E-state index contributed by atoms with van der Waals surface area (Å²) in [6.45, 7) is 6.19. The van der Waals surface area contributed by atoms with E-state index < -0.39 is 11.4 Å². The first-order valence-electron chi connectivity index (χ1n) is 6.22. The highest BCUT2D eigenvalue weighted by Crippen LogP contribution is 2.45. The van der Waals surface area contributed by atoms with Gasteiger partial charge >= 0.3 is 5.97 Å². The molecule has 0 aliphatic heterocycles. The van der Waals surface area contributed by atoms with E-state index in [0.717, 1.165) is 5.69 Å². The molecule has 0 radical (unpaired) electrons. The lowest BCUT2D eigenvalue weighted by molar-refractivity contribution is -0.143. The summed E-state index contributed by atoms with van der Waals surface area (Å²) in [6.07, 6.45) is 1.27. The molecule has 1 fully saturated rings. The molecule has 1 aromatic heterocycles. The zero-order valence-electron chi connectivity index (χ0n) is 11.3. The van der Waals surface area contributed by atoms with Gasteiger partial charge in [-0.05, 0) is 12.8 Å². The molecule has 2 rings (SSSR count). The average molecular weight is 282 g/mol. The van der Waals surface area contributed by atoms with Crippen molar-refractivity contribution in [2.75, 3.05) is 6.54 Å². The Morgan fingerprint density at radius 3 is 2.58 bits per heavy atom. The molecule has 1 saturated carbocycles. The Hall–Kier alpha value is -1.43. The molecule has 104 valence electrons. The number of hydrogen-bond acceptors (Lipinski definition) is 4. The second kappa shape index (κ2) is 4.59. The number of rotatable bonds is 4. The van der Waals surface area contributed by atoms with E-state index in [1.54, 1.807) is 5.51 Å². The molecule has 0 spiro atoms. The highest BCUT2D eigenvalue weighted by atomic mass is 32.1. The molecule has 0 aromatic carbocycles. The minimum atomic E-state index is -0.826. The summed E-state index contributed by atoms with van der Waals surface area (Å²) in [5.74, 6) is -1.05. The van der Waals surface area contributed by atoms with Gasteiger partial charge in [-0.2, -0.15) is 0 Å². The van der Waals surface area contributed by atoms with Crippen LogP contribution in [0, 0.1) is 5.41 Å². The monoisotopic (exact) mass is 282 g/mol. The lowest BCUT2D eigenvalue weighted by atomic mass is 9.91. The summed E-state index contributed by atoms with van der Waals surface area (Å²) in [5.41, 5.74) is 1.48. The van der Waals surface area contributed by atoms with E-state index in [9.17, 15) is 9.59 Å². The number of carboxylic acid groups (broad SMARTS) is 1. The number of amides is 1. The fourth-order valence-electron chi connectivity index (χ4n) is 1.89. The number of nitrogens with one attached hydrogen (secondary N) is 1. The summed E-state index contributed by atoms with van der Waals surface area (Å²) in [6, 6.07) is 0. The number of aromatic nitrogens is 1. The summed E-state index contributed by atoms with van der Waals surface area (Å²) < 4.78 is 0. The van der Waals surface area contributed by atoms with Crippen LogP contribution in [-0.4, -0.2) is 28.5 Å². The van der Waals surface area contributed by atoms with Gasteiger partial charge in [0.05, 0.1) is 16.6 Å². The minimum absolute atomic E-state index is 0.197. The number of carboxylic acids is 1. The van der Waals surface area contributed by atoms with Crippen LogP contribution in [0.25, 0.3) is 0 Å². The van der Waals surface area contributed by atoms with Crippen LogP contribution in [-0.2, 0) is 10.2 Å². The van der Waals surface area contributed by atoms with E-state index in [4.69, 9.17) is 5.11 Å². The maximum absolute atomic E-state index is 12.1. The Kier molecular flexibility index (Phi) is 3.38. The van der Waals surface area contributed by atoms with Gasteiger partial charge in [-0.15, -0.1) is 11.3 Å². The second-order valence-corrected chi connectivity index (χ2v) is 6.90. The summed E-state index contributed by atoms with van der Waals surface area (Å²) in [5, 5.41) is 11.8. The lowest BCUT2D eigenvalue weighted by Gasteiger charge is -2.18.